The highest BCUT2D eigenvalue weighted by Crippen LogP contribution is 2.30. The van der Waals surface area contributed by atoms with Crippen molar-refractivity contribution >= 4 is 22.7 Å². The zero-order valence-corrected chi connectivity index (χ0v) is 11.0. The van der Waals surface area contributed by atoms with Crippen molar-refractivity contribution in [3.05, 3.63) is 30.0 Å². The number of carbonyl (C=O) groups excluding carboxylic acids is 2. The number of fused-ring (bicyclic) bond motifs is 1. The molecule has 1 N–H and O–H groups in total. The Kier molecular flexibility index (Phi) is 3.55. The molecule has 0 aliphatic rings. The van der Waals surface area contributed by atoms with Crippen LogP contribution in [0.5, 0.6) is 5.75 Å². The molecule has 1 aromatic heterocycles. The summed E-state index contributed by atoms with van der Waals surface area (Å²) in [6.07, 6.45) is 1.47. The number of benzene rings is 1. The number of nitrogens with one attached hydrogen (secondary N) is 1. The van der Waals surface area contributed by atoms with Crippen molar-refractivity contribution in [2.24, 2.45) is 0 Å². The second-order valence-electron chi connectivity index (χ2n) is 4.37. The van der Waals surface area contributed by atoms with Crippen LogP contribution in [0.3, 0.4) is 0 Å². The molecule has 1 heterocycles. The Morgan fingerprint density at radius 2 is 2.00 bits per heavy atom. The van der Waals surface area contributed by atoms with Crippen LogP contribution in [-0.4, -0.2) is 30.0 Å². The molecule has 0 aliphatic heterocycles. The van der Waals surface area contributed by atoms with Crippen LogP contribution in [0, 0.1) is 0 Å². The van der Waals surface area contributed by atoms with E-state index in [0.717, 1.165) is 5.52 Å². The molecule has 0 aliphatic carbocycles. The summed E-state index contributed by atoms with van der Waals surface area (Å²) in [5.74, 6) is -1.00. The maximum Gasteiger partial charge on any atom is 0.379 e. The van der Waals surface area contributed by atoms with Crippen LogP contribution in [0.2, 0.25) is 0 Å². The van der Waals surface area contributed by atoms with E-state index in [9.17, 15) is 9.59 Å². The van der Waals surface area contributed by atoms with Crippen LogP contribution in [0.25, 0.3) is 10.9 Å². The minimum atomic E-state index is -0.889. The van der Waals surface area contributed by atoms with Crippen LogP contribution >= 0.6 is 0 Å². The van der Waals surface area contributed by atoms with Crippen molar-refractivity contribution in [2.45, 2.75) is 20.0 Å². The van der Waals surface area contributed by atoms with Gasteiger partial charge in [-0.3, -0.25) is 4.79 Å². The number of esters is 1. The van der Waals surface area contributed by atoms with Gasteiger partial charge in [-0.25, -0.2) is 4.79 Å². The maximum absolute atomic E-state index is 11.9. The van der Waals surface area contributed by atoms with Gasteiger partial charge in [0.15, 0.2) is 0 Å². The highest BCUT2D eigenvalue weighted by atomic mass is 16.5. The van der Waals surface area contributed by atoms with Crippen LogP contribution in [0.4, 0.5) is 0 Å². The Bertz CT molecular complexity index is 627. The van der Waals surface area contributed by atoms with Crippen molar-refractivity contribution in [1.82, 2.24) is 4.98 Å². The quantitative estimate of drug-likeness (QED) is 0.521. The average molecular weight is 261 g/mol. The third-order valence-corrected chi connectivity index (χ3v) is 2.65. The molecule has 1 aromatic carbocycles. The first-order valence-corrected chi connectivity index (χ1v) is 5.94. The lowest BCUT2D eigenvalue weighted by molar-refractivity contribution is -0.135. The van der Waals surface area contributed by atoms with Crippen LogP contribution in [0.1, 0.15) is 24.2 Å². The van der Waals surface area contributed by atoms with Gasteiger partial charge >= 0.3 is 5.97 Å². The van der Waals surface area contributed by atoms with Gasteiger partial charge in [0.05, 0.1) is 24.2 Å². The zero-order valence-electron chi connectivity index (χ0n) is 11.0. The minimum absolute atomic E-state index is 0.0263. The molecular weight excluding hydrogens is 246 g/mol. The first kappa shape index (κ1) is 13.1. The number of ether oxygens (including phenoxy) is 2. The smallest absolute Gasteiger partial charge is 0.379 e. The van der Waals surface area contributed by atoms with E-state index < -0.39 is 11.8 Å². The number of aromatic amines is 1. The van der Waals surface area contributed by atoms with Gasteiger partial charge in [0, 0.05) is 11.7 Å². The van der Waals surface area contributed by atoms with E-state index in [-0.39, 0.29) is 11.7 Å². The molecule has 0 unspecified atom stereocenters. The number of hydrogen-bond acceptors (Lipinski definition) is 4. The fourth-order valence-corrected chi connectivity index (χ4v) is 1.89. The topological polar surface area (TPSA) is 68.4 Å². The van der Waals surface area contributed by atoms with E-state index in [1.165, 1.54) is 13.3 Å². The first-order valence-electron chi connectivity index (χ1n) is 5.94. The number of ketones is 1. The Labute approximate surface area is 110 Å². The Balaban J connectivity index is 2.56. The van der Waals surface area contributed by atoms with Gasteiger partial charge in [-0.05, 0) is 26.0 Å². The van der Waals surface area contributed by atoms with Crippen molar-refractivity contribution in [1.29, 1.82) is 0 Å². The molecule has 0 atom stereocenters. The summed E-state index contributed by atoms with van der Waals surface area (Å²) in [5.41, 5.74) is 1.00. The Hall–Kier alpha value is -2.30. The van der Waals surface area contributed by atoms with E-state index >= 15 is 0 Å². The van der Waals surface area contributed by atoms with Gasteiger partial charge in [0.25, 0.3) is 5.78 Å². The third-order valence-electron chi connectivity index (χ3n) is 2.65. The normalized spacial score (nSPS) is 10.7. The number of Topliss-reactive ketones (excluding diaryl/α,β-unsaturated/α-hetero) is 1. The fraction of sp³-hybridized carbons (Fsp3) is 0.286. The number of methoxy groups -OCH3 is 1. The molecule has 19 heavy (non-hydrogen) atoms. The number of carbonyl (C=O) groups is 2. The minimum Gasteiger partial charge on any atom is -0.490 e. The SMILES string of the molecule is COC(=O)C(=O)c1c[nH]c2cccc(OC(C)C)c12. The largest absolute Gasteiger partial charge is 0.490 e. The molecule has 0 bridgehead atoms. The molecule has 0 saturated heterocycles. The van der Waals surface area contributed by atoms with Crippen LogP contribution < -0.4 is 4.74 Å². The molecule has 5 nitrogen and oxygen atoms in total. The third kappa shape index (κ3) is 2.45. The summed E-state index contributed by atoms with van der Waals surface area (Å²) < 4.78 is 10.1. The molecule has 0 amide bonds. The monoisotopic (exact) mass is 261 g/mol. The summed E-state index contributed by atoms with van der Waals surface area (Å²) in [7, 11) is 1.18. The molecule has 2 aromatic rings. The van der Waals surface area contributed by atoms with Crippen molar-refractivity contribution in [3.63, 3.8) is 0 Å². The predicted octanol–water partition coefficient (Wildman–Crippen LogP) is 2.31. The van der Waals surface area contributed by atoms with Gasteiger partial charge in [0.2, 0.25) is 0 Å². The highest BCUT2D eigenvalue weighted by Gasteiger charge is 2.22. The van der Waals surface area contributed by atoms with Gasteiger partial charge in [-0.1, -0.05) is 6.07 Å². The van der Waals surface area contributed by atoms with Crippen molar-refractivity contribution in [3.8, 4) is 5.75 Å². The van der Waals surface area contributed by atoms with Gasteiger partial charge in [0.1, 0.15) is 5.75 Å². The molecule has 100 valence electrons. The van der Waals surface area contributed by atoms with E-state index in [1.807, 2.05) is 26.0 Å². The highest BCUT2D eigenvalue weighted by molar-refractivity contribution is 6.43. The Morgan fingerprint density at radius 3 is 2.63 bits per heavy atom. The van der Waals surface area contributed by atoms with Crippen LogP contribution in [0.15, 0.2) is 24.4 Å². The second-order valence-corrected chi connectivity index (χ2v) is 4.37. The average Bonchev–Trinajstić information content (AvgIpc) is 2.81. The molecule has 0 saturated carbocycles. The molecule has 5 heteroatoms. The van der Waals surface area contributed by atoms with Crippen LogP contribution in [-0.2, 0) is 9.53 Å². The van der Waals surface area contributed by atoms with Crippen molar-refractivity contribution in [2.75, 3.05) is 7.11 Å². The van der Waals surface area contributed by atoms with E-state index in [0.29, 0.717) is 11.1 Å². The van der Waals surface area contributed by atoms with Gasteiger partial charge in [-0.2, -0.15) is 0 Å². The summed E-state index contributed by atoms with van der Waals surface area (Å²) in [6, 6.07) is 5.41. The number of hydrogen-bond donors (Lipinski definition) is 1. The zero-order chi connectivity index (χ0) is 14.0. The Morgan fingerprint density at radius 1 is 1.26 bits per heavy atom. The lowest BCUT2D eigenvalue weighted by Crippen LogP contribution is -2.15. The molecule has 2 rings (SSSR count). The second kappa shape index (κ2) is 5.14. The lowest BCUT2D eigenvalue weighted by atomic mass is 10.1. The molecule has 0 fully saturated rings. The first-order chi connectivity index (χ1) is 9.04. The van der Waals surface area contributed by atoms with E-state index in [4.69, 9.17) is 4.74 Å². The lowest BCUT2D eigenvalue weighted by Gasteiger charge is -2.11. The predicted molar refractivity (Wildman–Crippen MR) is 70.4 cm³/mol. The fourth-order valence-electron chi connectivity index (χ4n) is 1.89. The summed E-state index contributed by atoms with van der Waals surface area (Å²) in [6.45, 7) is 3.79. The summed E-state index contributed by atoms with van der Waals surface area (Å²) in [4.78, 5) is 26.3. The number of aromatic nitrogens is 1. The number of H-pyrrole nitrogens is 1. The summed E-state index contributed by atoms with van der Waals surface area (Å²) >= 11 is 0. The standard InChI is InChI=1S/C14H15NO4/c1-8(2)19-11-6-4-5-10-12(11)9(7-15-10)13(16)14(17)18-3/h4-8,15H,1-3H3. The maximum atomic E-state index is 11.9. The van der Waals surface area contributed by atoms with Gasteiger partial charge < -0.3 is 14.5 Å². The molecule has 0 spiro atoms. The van der Waals surface area contributed by atoms with Crippen molar-refractivity contribution < 1.29 is 19.1 Å². The molecule has 0 radical (unpaired) electrons. The number of rotatable bonds is 4. The van der Waals surface area contributed by atoms with E-state index in [2.05, 4.69) is 9.72 Å². The molecular formula is C14H15NO4. The van der Waals surface area contributed by atoms with E-state index in [1.54, 1.807) is 6.07 Å². The van der Waals surface area contributed by atoms with Gasteiger partial charge in [-0.15, -0.1) is 0 Å². The summed E-state index contributed by atoms with van der Waals surface area (Å²) in [5, 5.41) is 0.603.